The van der Waals surface area contributed by atoms with Crippen molar-refractivity contribution in [2.24, 2.45) is 11.8 Å². The fourth-order valence-corrected chi connectivity index (χ4v) is 4.32. The number of carbonyl (C=O) groups is 3. The van der Waals surface area contributed by atoms with Crippen molar-refractivity contribution in [3.05, 3.63) is 58.0 Å². The first-order valence-corrected chi connectivity index (χ1v) is 11.0. The van der Waals surface area contributed by atoms with Crippen molar-refractivity contribution in [2.45, 2.75) is 26.2 Å². The van der Waals surface area contributed by atoms with Gasteiger partial charge in [-0.3, -0.25) is 24.5 Å². The number of benzene rings is 1. The number of piperidine rings is 1. The van der Waals surface area contributed by atoms with E-state index in [0.717, 1.165) is 17.7 Å². The first-order valence-electron chi connectivity index (χ1n) is 11.0. The van der Waals surface area contributed by atoms with Crippen LogP contribution in [-0.2, 0) is 14.4 Å². The number of hydrogen-bond donors (Lipinski definition) is 1. The molecular weight excluding hydrogens is 445 g/mol. The molecule has 3 heterocycles. The highest BCUT2D eigenvalue weighted by molar-refractivity contribution is 6.00. The smallest absolute Gasteiger partial charge is 0.306 e. The largest absolute Gasteiger partial charge is 0.342 e. The summed E-state index contributed by atoms with van der Waals surface area (Å²) in [5.74, 6) is -2.01. The van der Waals surface area contributed by atoms with Gasteiger partial charge in [-0.25, -0.2) is 4.98 Å². The molecular formula is C23H24FN5O5. The van der Waals surface area contributed by atoms with E-state index in [-0.39, 0.29) is 42.3 Å². The number of amides is 3. The van der Waals surface area contributed by atoms with Gasteiger partial charge in [0.05, 0.1) is 16.5 Å². The van der Waals surface area contributed by atoms with Gasteiger partial charge in [0, 0.05) is 44.2 Å². The summed E-state index contributed by atoms with van der Waals surface area (Å²) in [6.45, 7) is 2.77. The van der Waals surface area contributed by atoms with Gasteiger partial charge in [-0.15, -0.1) is 0 Å². The predicted molar refractivity (Wildman–Crippen MR) is 120 cm³/mol. The van der Waals surface area contributed by atoms with E-state index in [0.29, 0.717) is 31.7 Å². The third-order valence-corrected chi connectivity index (χ3v) is 6.25. The van der Waals surface area contributed by atoms with Crippen LogP contribution in [0.5, 0.6) is 0 Å². The fraction of sp³-hybridized carbons (Fsp3) is 0.391. The molecule has 1 aromatic heterocycles. The van der Waals surface area contributed by atoms with Gasteiger partial charge in [-0.05, 0) is 43.5 Å². The molecule has 2 aliphatic rings. The molecule has 178 valence electrons. The van der Waals surface area contributed by atoms with Crippen LogP contribution in [0.1, 0.15) is 24.8 Å². The van der Waals surface area contributed by atoms with Crippen LogP contribution in [0, 0.1) is 34.7 Å². The molecule has 1 N–H and O–H groups in total. The summed E-state index contributed by atoms with van der Waals surface area (Å²) in [5, 5.41) is 13.8. The number of aromatic nitrogens is 1. The Kier molecular flexibility index (Phi) is 6.53. The number of carbonyl (C=O) groups excluding carboxylic acids is 3. The number of anilines is 2. The maximum absolute atomic E-state index is 13.6. The minimum atomic E-state index is -0.988. The average molecular weight is 469 g/mol. The van der Waals surface area contributed by atoms with E-state index in [9.17, 15) is 28.9 Å². The van der Waals surface area contributed by atoms with E-state index in [1.807, 2.05) is 13.0 Å². The Morgan fingerprint density at radius 3 is 2.56 bits per heavy atom. The van der Waals surface area contributed by atoms with E-state index in [1.54, 1.807) is 17.2 Å². The van der Waals surface area contributed by atoms with Crippen LogP contribution >= 0.6 is 0 Å². The lowest BCUT2D eigenvalue weighted by Gasteiger charge is -2.32. The van der Waals surface area contributed by atoms with Gasteiger partial charge < -0.3 is 15.1 Å². The quantitative estimate of drug-likeness (QED) is 0.530. The van der Waals surface area contributed by atoms with Crippen LogP contribution in [0.25, 0.3) is 0 Å². The molecule has 1 unspecified atom stereocenters. The summed E-state index contributed by atoms with van der Waals surface area (Å²) < 4.78 is 13.6. The van der Waals surface area contributed by atoms with E-state index < -0.39 is 22.3 Å². The topological polar surface area (TPSA) is 126 Å². The Morgan fingerprint density at radius 2 is 1.91 bits per heavy atom. The van der Waals surface area contributed by atoms with E-state index >= 15 is 0 Å². The minimum absolute atomic E-state index is 0.0243. The van der Waals surface area contributed by atoms with Crippen molar-refractivity contribution in [1.29, 1.82) is 0 Å². The Balaban J connectivity index is 1.33. The van der Waals surface area contributed by atoms with Crippen molar-refractivity contribution in [3.8, 4) is 0 Å². The van der Waals surface area contributed by atoms with Gasteiger partial charge in [0.25, 0.3) is 0 Å². The SMILES string of the molecule is Cc1ccc(NC(=O)C2CCN(C(=O)C3CC(=O)N(c4ccc(F)c([N+](=O)[O-])c4)C3)CC2)nc1. The zero-order chi connectivity index (χ0) is 24.4. The van der Waals surface area contributed by atoms with Gasteiger partial charge >= 0.3 is 5.69 Å². The summed E-state index contributed by atoms with van der Waals surface area (Å²) in [5.41, 5.74) is 0.459. The van der Waals surface area contributed by atoms with Crippen LogP contribution in [0.15, 0.2) is 36.5 Å². The second-order valence-corrected chi connectivity index (χ2v) is 8.61. The second kappa shape index (κ2) is 9.54. The molecule has 1 aromatic carbocycles. The standard InChI is InChI=1S/C23H24FN5O5/c1-14-2-5-20(25-12-14)26-22(31)15-6-8-27(9-7-15)23(32)16-10-21(30)28(13-16)17-3-4-18(24)19(11-17)29(33)34/h2-5,11-12,15-16H,6-10,13H2,1H3,(H,25,26,31). The zero-order valence-corrected chi connectivity index (χ0v) is 18.6. The van der Waals surface area contributed by atoms with E-state index in [4.69, 9.17) is 0 Å². The van der Waals surface area contributed by atoms with E-state index in [1.165, 1.54) is 11.0 Å². The molecule has 1 atom stereocenters. The van der Waals surface area contributed by atoms with Crippen molar-refractivity contribution >= 4 is 34.9 Å². The molecule has 2 aliphatic heterocycles. The number of nitro benzene ring substituents is 1. The highest BCUT2D eigenvalue weighted by atomic mass is 19.1. The molecule has 4 rings (SSSR count). The molecule has 0 radical (unpaired) electrons. The zero-order valence-electron chi connectivity index (χ0n) is 18.6. The first-order chi connectivity index (χ1) is 16.2. The van der Waals surface area contributed by atoms with Crippen molar-refractivity contribution in [2.75, 3.05) is 29.9 Å². The highest BCUT2D eigenvalue weighted by Gasteiger charge is 2.39. The fourth-order valence-electron chi connectivity index (χ4n) is 4.32. The molecule has 0 bridgehead atoms. The van der Waals surface area contributed by atoms with Crippen molar-refractivity contribution < 1.29 is 23.7 Å². The molecule has 0 aliphatic carbocycles. The normalized spacial score (nSPS) is 18.8. The predicted octanol–water partition coefficient (Wildman–Crippen LogP) is 2.67. The maximum Gasteiger partial charge on any atom is 0.306 e. The number of likely N-dealkylation sites (tertiary alicyclic amines) is 1. The summed E-state index contributed by atoms with van der Waals surface area (Å²) in [6, 6.07) is 6.84. The number of nitrogens with one attached hydrogen (secondary N) is 1. The molecule has 3 amide bonds. The minimum Gasteiger partial charge on any atom is -0.342 e. The van der Waals surface area contributed by atoms with Crippen LogP contribution in [0.4, 0.5) is 21.6 Å². The summed E-state index contributed by atoms with van der Waals surface area (Å²) in [4.78, 5) is 55.3. The number of pyridine rings is 1. The lowest BCUT2D eigenvalue weighted by molar-refractivity contribution is -0.387. The molecule has 11 heteroatoms. The lowest BCUT2D eigenvalue weighted by Crippen LogP contribution is -2.44. The van der Waals surface area contributed by atoms with Gasteiger partial charge in [0.15, 0.2) is 0 Å². The number of halogens is 1. The van der Waals surface area contributed by atoms with Gasteiger partial charge in [0.1, 0.15) is 5.82 Å². The highest BCUT2D eigenvalue weighted by Crippen LogP contribution is 2.31. The van der Waals surface area contributed by atoms with Gasteiger partial charge in [-0.1, -0.05) is 6.07 Å². The second-order valence-electron chi connectivity index (χ2n) is 8.61. The monoisotopic (exact) mass is 469 g/mol. The Hall–Kier alpha value is -3.89. The first kappa shape index (κ1) is 23.3. The third-order valence-electron chi connectivity index (χ3n) is 6.25. The van der Waals surface area contributed by atoms with Gasteiger partial charge in [0.2, 0.25) is 23.5 Å². The Morgan fingerprint density at radius 1 is 1.18 bits per heavy atom. The number of nitro groups is 1. The van der Waals surface area contributed by atoms with Crippen LogP contribution in [0.3, 0.4) is 0 Å². The molecule has 2 aromatic rings. The van der Waals surface area contributed by atoms with E-state index in [2.05, 4.69) is 10.3 Å². The molecule has 0 saturated carbocycles. The molecule has 2 fully saturated rings. The third kappa shape index (κ3) is 4.87. The summed E-state index contributed by atoms with van der Waals surface area (Å²) in [7, 11) is 0. The summed E-state index contributed by atoms with van der Waals surface area (Å²) >= 11 is 0. The average Bonchev–Trinajstić information content (AvgIpc) is 3.21. The van der Waals surface area contributed by atoms with Crippen LogP contribution < -0.4 is 10.2 Å². The molecule has 0 spiro atoms. The molecule has 34 heavy (non-hydrogen) atoms. The number of nitrogens with zero attached hydrogens (tertiary/aromatic N) is 4. The Bertz CT molecular complexity index is 1130. The lowest BCUT2D eigenvalue weighted by atomic mass is 9.94. The molecule has 10 nitrogen and oxygen atoms in total. The maximum atomic E-state index is 13.6. The van der Waals surface area contributed by atoms with Crippen LogP contribution in [-0.4, -0.2) is 52.2 Å². The number of aryl methyl sites for hydroxylation is 1. The Labute approximate surface area is 194 Å². The van der Waals surface area contributed by atoms with Crippen molar-refractivity contribution in [1.82, 2.24) is 9.88 Å². The van der Waals surface area contributed by atoms with Crippen LogP contribution in [0.2, 0.25) is 0 Å². The summed E-state index contributed by atoms with van der Waals surface area (Å²) in [6.07, 6.45) is 2.65. The van der Waals surface area contributed by atoms with Crippen molar-refractivity contribution in [3.63, 3.8) is 0 Å². The van der Waals surface area contributed by atoms with Gasteiger partial charge in [-0.2, -0.15) is 4.39 Å². The molecule has 2 saturated heterocycles. The number of hydrogen-bond acceptors (Lipinski definition) is 6. The number of rotatable bonds is 5.